The quantitative estimate of drug-likeness (QED) is 0.881. The summed E-state index contributed by atoms with van der Waals surface area (Å²) in [6, 6.07) is 1.02. The van der Waals surface area contributed by atoms with Crippen LogP contribution in [0.1, 0.15) is 22.3 Å². The minimum Gasteiger partial charge on any atom is -0.296 e. The van der Waals surface area contributed by atoms with Crippen molar-refractivity contribution in [2.75, 3.05) is 5.32 Å². The van der Waals surface area contributed by atoms with E-state index in [0.29, 0.717) is 5.13 Å². The molecule has 5 nitrogen and oxygen atoms in total. The van der Waals surface area contributed by atoms with Gasteiger partial charge in [0.2, 0.25) is 5.13 Å². The molecule has 0 aromatic carbocycles. The number of carbonyl (C=O) groups is 1. The molecule has 0 saturated carbocycles. The minimum absolute atomic E-state index is 0.0371. The highest BCUT2D eigenvalue weighted by atomic mass is 35.5. The van der Waals surface area contributed by atoms with Gasteiger partial charge in [-0.15, -0.1) is 10.2 Å². The van der Waals surface area contributed by atoms with Crippen LogP contribution in [0.25, 0.3) is 0 Å². The second-order valence-electron chi connectivity index (χ2n) is 3.30. The van der Waals surface area contributed by atoms with Crippen molar-refractivity contribution in [2.24, 2.45) is 0 Å². The van der Waals surface area contributed by atoms with Crippen LogP contribution < -0.4 is 5.32 Å². The third kappa shape index (κ3) is 2.80. The third-order valence-electron chi connectivity index (χ3n) is 2.04. The topological polar surface area (TPSA) is 67.8 Å². The number of nitrogens with zero attached hydrogens (tertiary/aromatic N) is 3. The number of hydrogen-bond acceptors (Lipinski definition) is 5. The Bertz CT molecular complexity index is 589. The summed E-state index contributed by atoms with van der Waals surface area (Å²) < 4.78 is 13.0. The first-order valence-corrected chi connectivity index (χ1v) is 6.24. The Kier molecular flexibility index (Phi) is 3.83. The SMILES string of the molecule is CCc1nnc(NC(=O)c2cc(F)cnc2Cl)s1. The van der Waals surface area contributed by atoms with Gasteiger partial charge in [0.25, 0.3) is 5.91 Å². The Labute approximate surface area is 111 Å². The van der Waals surface area contributed by atoms with E-state index in [2.05, 4.69) is 20.5 Å². The van der Waals surface area contributed by atoms with E-state index >= 15 is 0 Å². The number of nitrogens with one attached hydrogen (secondary N) is 1. The lowest BCUT2D eigenvalue weighted by atomic mass is 10.2. The first kappa shape index (κ1) is 12.8. The van der Waals surface area contributed by atoms with Gasteiger partial charge in [-0.05, 0) is 12.5 Å². The molecule has 0 unspecified atom stereocenters. The van der Waals surface area contributed by atoms with Gasteiger partial charge < -0.3 is 0 Å². The Hall–Kier alpha value is -1.60. The average molecular weight is 287 g/mol. The fraction of sp³-hybridized carbons (Fsp3) is 0.200. The van der Waals surface area contributed by atoms with Gasteiger partial charge in [0.1, 0.15) is 16.0 Å². The van der Waals surface area contributed by atoms with Crippen molar-refractivity contribution in [1.29, 1.82) is 0 Å². The number of aryl methyl sites for hydroxylation is 1. The standard InChI is InChI=1S/C10H8ClFN4OS/c1-2-7-15-16-10(18-7)14-9(17)6-3-5(12)4-13-8(6)11/h3-4H,2H2,1H3,(H,14,16,17). The summed E-state index contributed by atoms with van der Waals surface area (Å²) in [6.45, 7) is 1.93. The van der Waals surface area contributed by atoms with Gasteiger partial charge in [-0.3, -0.25) is 10.1 Å². The first-order chi connectivity index (χ1) is 8.60. The Morgan fingerprint density at radius 1 is 1.56 bits per heavy atom. The molecule has 0 atom stereocenters. The summed E-state index contributed by atoms with van der Waals surface area (Å²) in [6.07, 6.45) is 1.68. The van der Waals surface area contributed by atoms with Crippen molar-refractivity contribution in [3.05, 3.63) is 33.8 Å². The van der Waals surface area contributed by atoms with Crippen LogP contribution in [0.3, 0.4) is 0 Å². The molecule has 0 fully saturated rings. The minimum atomic E-state index is -0.629. The van der Waals surface area contributed by atoms with Crippen LogP contribution in [0.2, 0.25) is 5.15 Å². The van der Waals surface area contributed by atoms with Crippen molar-refractivity contribution < 1.29 is 9.18 Å². The van der Waals surface area contributed by atoms with Crippen molar-refractivity contribution in [3.63, 3.8) is 0 Å². The van der Waals surface area contributed by atoms with Crippen molar-refractivity contribution in [3.8, 4) is 0 Å². The highest BCUT2D eigenvalue weighted by Crippen LogP contribution is 2.19. The molecule has 2 rings (SSSR count). The van der Waals surface area contributed by atoms with E-state index in [1.54, 1.807) is 0 Å². The zero-order chi connectivity index (χ0) is 13.1. The number of carbonyl (C=O) groups excluding carboxylic acids is 1. The van der Waals surface area contributed by atoms with Crippen molar-refractivity contribution in [2.45, 2.75) is 13.3 Å². The number of rotatable bonds is 3. The number of amides is 1. The lowest BCUT2D eigenvalue weighted by Crippen LogP contribution is -2.13. The number of aromatic nitrogens is 3. The van der Waals surface area contributed by atoms with Gasteiger partial charge in [0, 0.05) is 0 Å². The molecule has 94 valence electrons. The molecule has 1 amide bonds. The number of halogens is 2. The lowest BCUT2D eigenvalue weighted by Gasteiger charge is -2.02. The molecule has 18 heavy (non-hydrogen) atoms. The Morgan fingerprint density at radius 3 is 3.00 bits per heavy atom. The summed E-state index contributed by atoms with van der Waals surface area (Å²) in [7, 11) is 0. The molecule has 0 aliphatic heterocycles. The van der Waals surface area contributed by atoms with E-state index in [-0.39, 0.29) is 10.7 Å². The van der Waals surface area contributed by atoms with E-state index in [4.69, 9.17) is 11.6 Å². The highest BCUT2D eigenvalue weighted by molar-refractivity contribution is 7.15. The molecule has 0 saturated heterocycles. The van der Waals surface area contributed by atoms with Gasteiger partial charge in [-0.25, -0.2) is 9.37 Å². The summed E-state index contributed by atoms with van der Waals surface area (Å²) in [5, 5.41) is 11.2. The molecule has 0 aliphatic carbocycles. The summed E-state index contributed by atoms with van der Waals surface area (Å²) in [5.74, 6) is -1.19. The maximum absolute atomic E-state index is 13.0. The summed E-state index contributed by atoms with van der Waals surface area (Å²) >= 11 is 6.97. The van der Waals surface area contributed by atoms with Gasteiger partial charge >= 0.3 is 0 Å². The average Bonchev–Trinajstić information content (AvgIpc) is 2.80. The van der Waals surface area contributed by atoms with E-state index in [9.17, 15) is 9.18 Å². The fourth-order valence-electron chi connectivity index (χ4n) is 1.19. The van der Waals surface area contributed by atoms with Crippen LogP contribution in [0.15, 0.2) is 12.3 Å². The van der Waals surface area contributed by atoms with E-state index < -0.39 is 11.7 Å². The third-order valence-corrected chi connectivity index (χ3v) is 3.32. The molecular formula is C10H8ClFN4OS. The van der Waals surface area contributed by atoms with Crippen LogP contribution in [-0.2, 0) is 6.42 Å². The molecular weight excluding hydrogens is 279 g/mol. The second-order valence-corrected chi connectivity index (χ2v) is 4.72. The molecule has 8 heteroatoms. The molecule has 2 aromatic heterocycles. The van der Waals surface area contributed by atoms with E-state index in [1.165, 1.54) is 11.3 Å². The smallest absolute Gasteiger partial charge is 0.260 e. The van der Waals surface area contributed by atoms with Gasteiger partial charge in [0.05, 0.1) is 11.8 Å². The molecule has 0 spiro atoms. The van der Waals surface area contributed by atoms with Crippen molar-refractivity contribution in [1.82, 2.24) is 15.2 Å². The Balaban J connectivity index is 2.19. The maximum atomic E-state index is 13.0. The summed E-state index contributed by atoms with van der Waals surface area (Å²) in [4.78, 5) is 15.4. The zero-order valence-electron chi connectivity index (χ0n) is 9.28. The molecule has 2 aromatic rings. The second kappa shape index (κ2) is 5.36. The Morgan fingerprint density at radius 2 is 2.33 bits per heavy atom. The predicted molar refractivity (Wildman–Crippen MR) is 66.4 cm³/mol. The van der Waals surface area contributed by atoms with Gasteiger partial charge in [-0.1, -0.05) is 29.9 Å². The van der Waals surface area contributed by atoms with Crippen LogP contribution in [-0.4, -0.2) is 21.1 Å². The number of hydrogen-bond donors (Lipinski definition) is 1. The monoisotopic (exact) mass is 286 g/mol. The lowest BCUT2D eigenvalue weighted by molar-refractivity contribution is 0.102. The molecule has 0 aliphatic rings. The molecule has 2 heterocycles. The van der Waals surface area contributed by atoms with Crippen LogP contribution in [0.5, 0.6) is 0 Å². The van der Waals surface area contributed by atoms with Crippen LogP contribution in [0, 0.1) is 5.82 Å². The first-order valence-electron chi connectivity index (χ1n) is 5.05. The maximum Gasteiger partial charge on any atom is 0.260 e. The van der Waals surface area contributed by atoms with Crippen LogP contribution in [0.4, 0.5) is 9.52 Å². The van der Waals surface area contributed by atoms with Crippen LogP contribution >= 0.6 is 22.9 Å². The summed E-state index contributed by atoms with van der Waals surface area (Å²) in [5.41, 5.74) is -0.0371. The van der Waals surface area contributed by atoms with E-state index in [0.717, 1.165) is 23.7 Å². The number of pyridine rings is 1. The molecule has 1 N–H and O–H groups in total. The fourth-order valence-corrected chi connectivity index (χ4v) is 2.06. The molecule has 0 radical (unpaired) electrons. The zero-order valence-corrected chi connectivity index (χ0v) is 10.8. The predicted octanol–water partition coefficient (Wildman–Crippen LogP) is 2.54. The molecule has 0 bridgehead atoms. The van der Waals surface area contributed by atoms with Crippen molar-refractivity contribution >= 4 is 34.0 Å². The largest absolute Gasteiger partial charge is 0.296 e. The highest BCUT2D eigenvalue weighted by Gasteiger charge is 2.14. The van der Waals surface area contributed by atoms with E-state index in [1.807, 2.05) is 6.92 Å². The number of anilines is 1. The van der Waals surface area contributed by atoms with Gasteiger partial charge in [0.15, 0.2) is 0 Å². The normalized spacial score (nSPS) is 10.4. The van der Waals surface area contributed by atoms with Gasteiger partial charge in [-0.2, -0.15) is 0 Å².